The highest BCUT2D eigenvalue weighted by Crippen LogP contribution is 2.05. The highest BCUT2D eigenvalue weighted by atomic mass is 16.2. The summed E-state index contributed by atoms with van der Waals surface area (Å²) in [7, 11) is 2.05. The standard InChI is InChI=1S/C14H23N3O/c1-11(9-16-14(18)12(2)15)17(3)10-13-7-5-4-6-8-13/h4-8,11-12H,9-10,15H2,1-3H3,(H,16,18). The molecule has 0 spiro atoms. The first kappa shape index (κ1) is 14.7. The highest BCUT2D eigenvalue weighted by molar-refractivity contribution is 5.80. The number of nitrogens with zero attached hydrogens (tertiary/aromatic N) is 1. The number of nitrogens with one attached hydrogen (secondary N) is 1. The Morgan fingerprint density at radius 2 is 1.94 bits per heavy atom. The van der Waals surface area contributed by atoms with Gasteiger partial charge in [-0.25, -0.2) is 0 Å². The molecule has 0 aromatic heterocycles. The molecule has 0 saturated carbocycles. The molecule has 4 nitrogen and oxygen atoms in total. The molecule has 3 N–H and O–H groups in total. The largest absolute Gasteiger partial charge is 0.353 e. The van der Waals surface area contributed by atoms with Crippen molar-refractivity contribution in [1.82, 2.24) is 10.2 Å². The maximum Gasteiger partial charge on any atom is 0.236 e. The van der Waals surface area contributed by atoms with Crippen molar-refractivity contribution in [3.8, 4) is 0 Å². The van der Waals surface area contributed by atoms with E-state index in [1.165, 1.54) is 5.56 Å². The van der Waals surface area contributed by atoms with Gasteiger partial charge in [-0.2, -0.15) is 0 Å². The van der Waals surface area contributed by atoms with Crippen LogP contribution in [0.1, 0.15) is 19.4 Å². The zero-order valence-electron chi connectivity index (χ0n) is 11.4. The minimum atomic E-state index is -0.448. The monoisotopic (exact) mass is 249 g/mol. The summed E-state index contributed by atoms with van der Waals surface area (Å²) >= 11 is 0. The predicted octanol–water partition coefficient (Wildman–Crippen LogP) is 0.970. The molecule has 0 bridgehead atoms. The number of likely N-dealkylation sites (N-methyl/N-ethyl adjacent to an activating group) is 1. The maximum absolute atomic E-state index is 11.4. The second kappa shape index (κ2) is 7.13. The van der Waals surface area contributed by atoms with Gasteiger partial charge in [0.25, 0.3) is 0 Å². The Bertz CT molecular complexity index is 365. The van der Waals surface area contributed by atoms with Crippen LogP contribution in [0.15, 0.2) is 30.3 Å². The van der Waals surface area contributed by atoms with Crippen LogP contribution in [0, 0.1) is 0 Å². The maximum atomic E-state index is 11.4. The molecular weight excluding hydrogens is 226 g/mol. The van der Waals surface area contributed by atoms with Crippen LogP contribution in [0.3, 0.4) is 0 Å². The average Bonchev–Trinajstić information content (AvgIpc) is 2.36. The van der Waals surface area contributed by atoms with Crippen molar-refractivity contribution < 1.29 is 4.79 Å². The van der Waals surface area contributed by atoms with Crippen LogP contribution in [0.5, 0.6) is 0 Å². The first-order valence-electron chi connectivity index (χ1n) is 6.28. The molecule has 0 radical (unpaired) electrons. The van der Waals surface area contributed by atoms with E-state index in [1.54, 1.807) is 6.92 Å². The molecule has 2 atom stereocenters. The normalized spacial score (nSPS) is 14.3. The highest BCUT2D eigenvalue weighted by Gasteiger charge is 2.12. The summed E-state index contributed by atoms with van der Waals surface area (Å²) in [6.45, 7) is 5.26. The van der Waals surface area contributed by atoms with Crippen LogP contribution in [-0.4, -0.2) is 36.5 Å². The van der Waals surface area contributed by atoms with E-state index in [0.29, 0.717) is 6.54 Å². The topological polar surface area (TPSA) is 58.4 Å². The molecule has 1 aromatic rings. The molecule has 100 valence electrons. The van der Waals surface area contributed by atoms with E-state index in [0.717, 1.165) is 6.54 Å². The molecular formula is C14H23N3O. The number of benzene rings is 1. The summed E-state index contributed by atoms with van der Waals surface area (Å²) < 4.78 is 0. The quantitative estimate of drug-likeness (QED) is 0.790. The van der Waals surface area contributed by atoms with Crippen LogP contribution in [0.25, 0.3) is 0 Å². The van der Waals surface area contributed by atoms with Crippen LogP contribution < -0.4 is 11.1 Å². The lowest BCUT2D eigenvalue weighted by atomic mass is 10.2. The molecule has 1 aromatic carbocycles. The van der Waals surface area contributed by atoms with E-state index in [-0.39, 0.29) is 11.9 Å². The van der Waals surface area contributed by atoms with Gasteiger partial charge >= 0.3 is 0 Å². The fourth-order valence-electron chi connectivity index (χ4n) is 1.59. The van der Waals surface area contributed by atoms with Crippen molar-refractivity contribution in [3.05, 3.63) is 35.9 Å². The van der Waals surface area contributed by atoms with Crippen LogP contribution in [0.4, 0.5) is 0 Å². The van der Waals surface area contributed by atoms with Crippen molar-refractivity contribution in [1.29, 1.82) is 0 Å². The SMILES string of the molecule is CC(N)C(=O)NCC(C)N(C)Cc1ccccc1. The number of carbonyl (C=O) groups excluding carboxylic acids is 1. The average molecular weight is 249 g/mol. The molecule has 4 heteroatoms. The Labute approximate surface area is 109 Å². The van der Waals surface area contributed by atoms with E-state index < -0.39 is 6.04 Å². The van der Waals surface area contributed by atoms with E-state index in [1.807, 2.05) is 18.2 Å². The molecule has 18 heavy (non-hydrogen) atoms. The number of nitrogens with two attached hydrogens (primary N) is 1. The zero-order valence-corrected chi connectivity index (χ0v) is 11.4. The molecule has 1 rings (SSSR count). The summed E-state index contributed by atoms with van der Waals surface area (Å²) in [6.07, 6.45) is 0. The Morgan fingerprint density at radius 1 is 1.33 bits per heavy atom. The van der Waals surface area contributed by atoms with Gasteiger partial charge in [-0.3, -0.25) is 9.69 Å². The molecule has 2 unspecified atom stereocenters. The second-order valence-electron chi connectivity index (χ2n) is 4.78. The molecule has 1 amide bonds. The number of amides is 1. The molecule has 0 aliphatic rings. The zero-order chi connectivity index (χ0) is 13.5. The van der Waals surface area contributed by atoms with Gasteiger partial charge in [-0.15, -0.1) is 0 Å². The minimum Gasteiger partial charge on any atom is -0.353 e. The molecule has 0 fully saturated rings. The van der Waals surface area contributed by atoms with Crippen molar-refractivity contribution in [2.75, 3.05) is 13.6 Å². The third-order valence-corrected chi connectivity index (χ3v) is 3.01. The summed E-state index contributed by atoms with van der Waals surface area (Å²) in [4.78, 5) is 13.6. The molecule has 0 heterocycles. The lowest BCUT2D eigenvalue weighted by Crippen LogP contribution is -2.44. The van der Waals surface area contributed by atoms with Gasteiger partial charge in [0.2, 0.25) is 5.91 Å². The Kier molecular flexibility index (Phi) is 5.82. The number of carbonyl (C=O) groups is 1. The number of hydrogen-bond donors (Lipinski definition) is 2. The number of hydrogen-bond acceptors (Lipinski definition) is 3. The summed E-state index contributed by atoms with van der Waals surface area (Å²) in [6, 6.07) is 10.1. The molecule has 0 saturated heterocycles. The fourth-order valence-corrected chi connectivity index (χ4v) is 1.59. The van der Waals surface area contributed by atoms with Crippen molar-refractivity contribution in [2.45, 2.75) is 32.5 Å². The van der Waals surface area contributed by atoms with Crippen molar-refractivity contribution >= 4 is 5.91 Å². The molecule has 0 aliphatic heterocycles. The van der Waals surface area contributed by atoms with E-state index in [9.17, 15) is 4.79 Å². The summed E-state index contributed by atoms with van der Waals surface area (Å²) in [5.74, 6) is -0.102. The second-order valence-corrected chi connectivity index (χ2v) is 4.78. The van der Waals surface area contributed by atoms with Gasteiger partial charge < -0.3 is 11.1 Å². The van der Waals surface area contributed by atoms with Gasteiger partial charge in [0, 0.05) is 19.1 Å². The third kappa shape index (κ3) is 4.85. The van der Waals surface area contributed by atoms with E-state index in [4.69, 9.17) is 5.73 Å². The van der Waals surface area contributed by atoms with Gasteiger partial charge in [-0.1, -0.05) is 30.3 Å². The van der Waals surface area contributed by atoms with Crippen LogP contribution in [0.2, 0.25) is 0 Å². The van der Waals surface area contributed by atoms with E-state index >= 15 is 0 Å². The lowest BCUT2D eigenvalue weighted by Gasteiger charge is -2.25. The minimum absolute atomic E-state index is 0.102. The Hall–Kier alpha value is -1.39. The Balaban J connectivity index is 2.37. The van der Waals surface area contributed by atoms with Gasteiger partial charge in [0.15, 0.2) is 0 Å². The van der Waals surface area contributed by atoms with Crippen LogP contribution in [-0.2, 0) is 11.3 Å². The number of rotatable bonds is 6. The van der Waals surface area contributed by atoms with Crippen LogP contribution >= 0.6 is 0 Å². The van der Waals surface area contributed by atoms with Gasteiger partial charge in [0.05, 0.1) is 6.04 Å². The predicted molar refractivity (Wildman–Crippen MR) is 74.0 cm³/mol. The smallest absolute Gasteiger partial charge is 0.236 e. The molecule has 0 aliphatic carbocycles. The first-order chi connectivity index (χ1) is 8.50. The summed E-state index contributed by atoms with van der Waals surface area (Å²) in [5, 5.41) is 2.84. The van der Waals surface area contributed by atoms with Gasteiger partial charge in [-0.05, 0) is 26.5 Å². The first-order valence-corrected chi connectivity index (χ1v) is 6.28. The summed E-state index contributed by atoms with van der Waals surface area (Å²) in [5.41, 5.74) is 6.77. The lowest BCUT2D eigenvalue weighted by molar-refractivity contribution is -0.122. The fraction of sp³-hybridized carbons (Fsp3) is 0.500. The van der Waals surface area contributed by atoms with Crippen molar-refractivity contribution in [3.63, 3.8) is 0 Å². The third-order valence-electron chi connectivity index (χ3n) is 3.01. The van der Waals surface area contributed by atoms with Gasteiger partial charge in [0.1, 0.15) is 0 Å². The van der Waals surface area contributed by atoms with Crippen molar-refractivity contribution in [2.24, 2.45) is 5.73 Å². The Morgan fingerprint density at radius 3 is 2.50 bits per heavy atom. The van der Waals surface area contributed by atoms with E-state index in [2.05, 4.69) is 36.3 Å².